The number of piperidine rings is 1. The number of nitrogens with zero attached hydrogens (tertiary/aromatic N) is 5. The number of aromatic nitrogens is 1. The summed E-state index contributed by atoms with van der Waals surface area (Å²) in [6.07, 6.45) is -4.06. The lowest BCUT2D eigenvalue weighted by Gasteiger charge is -2.34. The van der Waals surface area contributed by atoms with Gasteiger partial charge >= 0.3 is 6.18 Å². The maximum absolute atomic E-state index is 15.4. The largest absolute Gasteiger partial charge is 0.489 e. The standard InChI is InChI=1S/C39H39F4N7O6S/c1-22-4-6-24(19-28(22)39(41,42)43)49-36(54)38(2,3)50(37(49)57)25-7-10-30(29(40)20-25)55-17-16-47-12-14-48(15-13-47)21-33(52)44-23-5-8-26-31(18-23)56-46-34(26)27-9-11-32(51)45-35(27)53/h4-8,10,18-20,27H,9,11-17,21H2,1-3H3,(H,44,52)(H,45,51,53). The van der Waals surface area contributed by atoms with E-state index in [0.29, 0.717) is 61.5 Å². The Kier molecular flexibility index (Phi) is 10.8. The number of ether oxygens (including phenoxy) is 1. The van der Waals surface area contributed by atoms with E-state index in [1.807, 2.05) is 4.90 Å². The highest BCUT2D eigenvalue weighted by Gasteiger charge is 2.51. The maximum Gasteiger partial charge on any atom is 0.416 e. The molecule has 3 aromatic carbocycles. The normalized spacial score (nSPS) is 19.4. The number of halogens is 4. The van der Waals surface area contributed by atoms with Gasteiger partial charge in [-0.25, -0.2) is 4.39 Å². The number of hydrogen-bond donors (Lipinski definition) is 2. The summed E-state index contributed by atoms with van der Waals surface area (Å²) in [5.74, 6) is -2.79. The molecule has 1 unspecified atom stereocenters. The van der Waals surface area contributed by atoms with Crippen molar-refractivity contribution >= 4 is 69.0 Å². The fourth-order valence-electron chi connectivity index (χ4n) is 7.36. The van der Waals surface area contributed by atoms with E-state index in [2.05, 4.69) is 20.7 Å². The van der Waals surface area contributed by atoms with Gasteiger partial charge in [-0.15, -0.1) is 0 Å². The van der Waals surface area contributed by atoms with Gasteiger partial charge in [0.25, 0.3) is 5.91 Å². The highest BCUT2D eigenvalue weighted by atomic mass is 32.1. The molecule has 3 saturated heterocycles. The summed E-state index contributed by atoms with van der Waals surface area (Å²) in [5.41, 5.74) is -0.610. The van der Waals surface area contributed by atoms with Crippen LogP contribution in [0.15, 0.2) is 59.1 Å². The first-order valence-corrected chi connectivity index (χ1v) is 18.7. The molecule has 18 heteroatoms. The van der Waals surface area contributed by atoms with Crippen LogP contribution in [-0.2, 0) is 25.4 Å². The minimum Gasteiger partial charge on any atom is -0.489 e. The second-order valence-corrected chi connectivity index (χ2v) is 15.1. The number of rotatable bonds is 10. The van der Waals surface area contributed by atoms with Crippen LogP contribution in [0.4, 0.5) is 34.6 Å². The predicted molar refractivity (Wildman–Crippen MR) is 205 cm³/mol. The van der Waals surface area contributed by atoms with Gasteiger partial charge in [0.15, 0.2) is 22.3 Å². The molecule has 2 N–H and O–H groups in total. The van der Waals surface area contributed by atoms with Gasteiger partial charge in [0.05, 0.1) is 23.7 Å². The van der Waals surface area contributed by atoms with Crippen molar-refractivity contribution in [1.29, 1.82) is 0 Å². The van der Waals surface area contributed by atoms with Gasteiger partial charge in [0.1, 0.15) is 17.8 Å². The highest BCUT2D eigenvalue weighted by Crippen LogP contribution is 2.40. The van der Waals surface area contributed by atoms with Crippen LogP contribution in [-0.4, -0.2) is 95.1 Å². The lowest BCUT2D eigenvalue weighted by Crippen LogP contribution is -2.49. The first kappa shape index (κ1) is 39.8. The van der Waals surface area contributed by atoms with E-state index in [1.165, 1.54) is 36.1 Å². The van der Waals surface area contributed by atoms with Crippen molar-refractivity contribution in [3.63, 3.8) is 0 Å². The molecule has 3 aliphatic rings. The van der Waals surface area contributed by atoms with Crippen molar-refractivity contribution in [2.75, 3.05) is 61.0 Å². The lowest BCUT2D eigenvalue weighted by atomic mass is 9.93. The fourth-order valence-corrected chi connectivity index (χ4v) is 7.88. The first-order valence-electron chi connectivity index (χ1n) is 18.3. The number of fused-ring (bicyclic) bond motifs is 1. The zero-order chi connectivity index (χ0) is 40.8. The van der Waals surface area contributed by atoms with E-state index in [-0.39, 0.29) is 59.2 Å². The molecule has 4 amide bonds. The Morgan fingerprint density at radius 3 is 2.44 bits per heavy atom. The summed E-state index contributed by atoms with van der Waals surface area (Å²) < 4.78 is 67.5. The molecule has 1 aromatic heterocycles. The molecular formula is C39H39F4N7O6S. The van der Waals surface area contributed by atoms with E-state index < -0.39 is 40.8 Å². The number of alkyl halides is 3. The minimum absolute atomic E-state index is 0.00588. The summed E-state index contributed by atoms with van der Waals surface area (Å²) in [7, 11) is 0. The van der Waals surface area contributed by atoms with Crippen LogP contribution in [0.25, 0.3) is 11.0 Å². The van der Waals surface area contributed by atoms with Crippen LogP contribution < -0.4 is 25.2 Å². The third-order valence-electron chi connectivity index (χ3n) is 10.5. The van der Waals surface area contributed by atoms with Crippen molar-refractivity contribution in [3.05, 3.63) is 77.2 Å². The number of carbonyl (C=O) groups is 4. The van der Waals surface area contributed by atoms with Gasteiger partial charge in [-0.1, -0.05) is 11.2 Å². The van der Waals surface area contributed by atoms with Gasteiger partial charge in [-0.05, 0) is 81.4 Å². The molecule has 57 heavy (non-hydrogen) atoms. The number of anilines is 3. The Hall–Kier alpha value is -5.46. The number of carbonyl (C=O) groups excluding carboxylic acids is 4. The first-order chi connectivity index (χ1) is 27.0. The Labute approximate surface area is 329 Å². The summed E-state index contributed by atoms with van der Waals surface area (Å²) in [5, 5.41) is 9.82. The maximum atomic E-state index is 15.4. The molecule has 0 saturated carbocycles. The molecule has 300 valence electrons. The molecule has 0 bridgehead atoms. The summed E-state index contributed by atoms with van der Waals surface area (Å²) in [6, 6.07) is 12.8. The molecule has 1 atom stereocenters. The molecule has 0 aliphatic carbocycles. The van der Waals surface area contributed by atoms with Crippen molar-refractivity contribution in [1.82, 2.24) is 20.3 Å². The van der Waals surface area contributed by atoms with E-state index in [0.717, 1.165) is 11.0 Å². The number of thiocarbonyl (C=S) groups is 1. The van der Waals surface area contributed by atoms with Gasteiger partial charge < -0.3 is 19.5 Å². The number of benzene rings is 3. The quantitative estimate of drug-likeness (QED) is 0.122. The second-order valence-electron chi connectivity index (χ2n) is 14.7. The molecule has 0 spiro atoms. The number of piperazine rings is 1. The van der Waals surface area contributed by atoms with E-state index in [4.69, 9.17) is 21.5 Å². The van der Waals surface area contributed by atoms with Gasteiger partial charge in [-0.2, -0.15) is 13.2 Å². The predicted octanol–water partition coefficient (Wildman–Crippen LogP) is 5.37. The van der Waals surface area contributed by atoms with Crippen LogP contribution in [0.2, 0.25) is 0 Å². The second kappa shape index (κ2) is 15.5. The smallest absolute Gasteiger partial charge is 0.416 e. The van der Waals surface area contributed by atoms with Crippen molar-refractivity contribution in [2.24, 2.45) is 0 Å². The van der Waals surface area contributed by atoms with Crippen LogP contribution in [0.1, 0.15) is 49.4 Å². The summed E-state index contributed by atoms with van der Waals surface area (Å²) >= 11 is 5.58. The molecule has 4 aromatic rings. The molecule has 3 aliphatic heterocycles. The molecule has 4 heterocycles. The van der Waals surface area contributed by atoms with Crippen LogP contribution in [0.3, 0.4) is 0 Å². The number of imide groups is 1. The number of amides is 4. The topological polar surface area (TPSA) is 141 Å². The number of nitrogens with one attached hydrogen (secondary N) is 2. The van der Waals surface area contributed by atoms with Crippen molar-refractivity contribution in [3.8, 4) is 5.75 Å². The SMILES string of the molecule is Cc1ccc(N2C(=O)C(C)(C)N(c3ccc(OCCN4CCN(CC(=O)Nc5ccc6c(C7CCC(=O)NC7=O)noc6c5)CC4)c(F)c3)C2=S)cc1C(F)(F)F. The minimum atomic E-state index is -4.63. The Morgan fingerprint density at radius 1 is 1.02 bits per heavy atom. The molecular weight excluding hydrogens is 771 g/mol. The highest BCUT2D eigenvalue weighted by molar-refractivity contribution is 7.81. The average Bonchev–Trinajstić information content (AvgIpc) is 3.63. The zero-order valence-corrected chi connectivity index (χ0v) is 32.1. The molecule has 3 fully saturated rings. The third-order valence-corrected chi connectivity index (χ3v) is 10.8. The van der Waals surface area contributed by atoms with E-state index in [1.54, 1.807) is 38.1 Å². The lowest BCUT2D eigenvalue weighted by molar-refractivity contribution is -0.138. The number of aryl methyl sites for hydroxylation is 1. The Bertz CT molecular complexity index is 2270. The molecule has 7 rings (SSSR count). The van der Waals surface area contributed by atoms with Gasteiger partial charge in [-0.3, -0.25) is 39.2 Å². The van der Waals surface area contributed by atoms with Crippen LogP contribution >= 0.6 is 12.2 Å². The fraction of sp³-hybridized carbons (Fsp3) is 0.385. The summed E-state index contributed by atoms with van der Waals surface area (Å²) in [4.78, 5) is 56.8. The molecule has 0 radical (unpaired) electrons. The number of hydrogen-bond acceptors (Lipinski definition) is 10. The van der Waals surface area contributed by atoms with Crippen molar-refractivity contribution in [2.45, 2.75) is 51.2 Å². The molecule has 13 nitrogen and oxygen atoms in total. The third kappa shape index (κ3) is 8.06. The Morgan fingerprint density at radius 2 is 1.74 bits per heavy atom. The Balaban J connectivity index is 0.883. The van der Waals surface area contributed by atoms with Crippen LogP contribution in [0.5, 0.6) is 5.75 Å². The van der Waals surface area contributed by atoms with Gasteiger partial charge in [0, 0.05) is 68.0 Å². The van der Waals surface area contributed by atoms with E-state index >= 15 is 4.39 Å². The van der Waals surface area contributed by atoms with Crippen LogP contribution in [0, 0.1) is 12.7 Å². The van der Waals surface area contributed by atoms with Gasteiger partial charge in [0.2, 0.25) is 17.7 Å². The summed E-state index contributed by atoms with van der Waals surface area (Å²) in [6.45, 7) is 7.86. The zero-order valence-electron chi connectivity index (χ0n) is 31.2. The van der Waals surface area contributed by atoms with Crippen molar-refractivity contribution < 1.29 is 46.0 Å². The monoisotopic (exact) mass is 809 g/mol. The average molecular weight is 810 g/mol. The van der Waals surface area contributed by atoms with E-state index in [9.17, 15) is 32.3 Å².